The largest absolute Gasteiger partial charge is 0.390 e. The second kappa shape index (κ2) is 6.72. The fourth-order valence-corrected chi connectivity index (χ4v) is 4.05. The molecule has 2 aliphatic rings. The molecule has 1 aliphatic heterocycles. The highest BCUT2D eigenvalue weighted by Gasteiger charge is 2.32. The smallest absolute Gasteiger partial charge is 0.277 e. The third kappa shape index (κ3) is 3.14. The van der Waals surface area contributed by atoms with Gasteiger partial charge in [-0.25, -0.2) is 4.98 Å². The SMILES string of the molecule is O=C(c1nc2ccccn2c1F)N1CCN(C2CCCC2)C[C@@H](O)C1. The van der Waals surface area contributed by atoms with Gasteiger partial charge < -0.3 is 10.0 Å². The number of pyridine rings is 1. The van der Waals surface area contributed by atoms with Crippen molar-refractivity contribution in [3.05, 3.63) is 36.0 Å². The molecule has 0 bridgehead atoms. The molecule has 134 valence electrons. The summed E-state index contributed by atoms with van der Waals surface area (Å²) >= 11 is 0. The fraction of sp³-hybridized carbons (Fsp3) is 0.556. The predicted molar refractivity (Wildman–Crippen MR) is 90.9 cm³/mol. The molecule has 4 rings (SSSR count). The molecular formula is C18H23FN4O2. The van der Waals surface area contributed by atoms with E-state index in [-0.39, 0.29) is 12.2 Å². The van der Waals surface area contributed by atoms with Gasteiger partial charge in [0.2, 0.25) is 5.95 Å². The fourth-order valence-electron chi connectivity index (χ4n) is 4.05. The summed E-state index contributed by atoms with van der Waals surface area (Å²) in [7, 11) is 0. The number of aromatic nitrogens is 2. The molecule has 0 radical (unpaired) electrons. The predicted octanol–water partition coefficient (Wildman–Crippen LogP) is 1.53. The summed E-state index contributed by atoms with van der Waals surface area (Å²) < 4.78 is 15.8. The summed E-state index contributed by atoms with van der Waals surface area (Å²) in [6.45, 7) is 1.99. The van der Waals surface area contributed by atoms with Crippen LogP contribution in [-0.2, 0) is 0 Å². The maximum atomic E-state index is 14.5. The van der Waals surface area contributed by atoms with Crippen LogP contribution in [0, 0.1) is 5.95 Å². The lowest BCUT2D eigenvalue weighted by Gasteiger charge is -2.27. The van der Waals surface area contributed by atoms with E-state index in [4.69, 9.17) is 0 Å². The monoisotopic (exact) mass is 346 g/mol. The van der Waals surface area contributed by atoms with E-state index in [1.807, 2.05) is 0 Å². The Balaban J connectivity index is 1.54. The molecule has 3 heterocycles. The summed E-state index contributed by atoms with van der Waals surface area (Å²) in [6.07, 6.45) is 5.70. The van der Waals surface area contributed by atoms with Crippen molar-refractivity contribution in [2.24, 2.45) is 0 Å². The second-order valence-corrected chi connectivity index (χ2v) is 7.02. The Hall–Kier alpha value is -1.99. The molecule has 0 aromatic carbocycles. The van der Waals surface area contributed by atoms with Crippen LogP contribution in [0.5, 0.6) is 0 Å². The first kappa shape index (κ1) is 16.5. The molecule has 2 aromatic rings. The molecule has 0 spiro atoms. The number of carbonyl (C=O) groups excluding carboxylic acids is 1. The zero-order chi connectivity index (χ0) is 17.4. The van der Waals surface area contributed by atoms with Crippen molar-refractivity contribution in [2.75, 3.05) is 26.2 Å². The van der Waals surface area contributed by atoms with E-state index in [1.165, 1.54) is 22.1 Å². The molecule has 25 heavy (non-hydrogen) atoms. The van der Waals surface area contributed by atoms with Crippen LogP contribution >= 0.6 is 0 Å². The number of imidazole rings is 1. The molecule has 1 saturated carbocycles. The number of fused-ring (bicyclic) bond motifs is 1. The van der Waals surface area contributed by atoms with Gasteiger partial charge in [0.15, 0.2) is 5.69 Å². The Kier molecular flexibility index (Phi) is 4.43. The van der Waals surface area contributed by atoms with Crippen LogP contribution in [0.2, 0.25) is 0 Å². The Morgan fingerprint density at radius 3 is 2.76 bits per heavy atom. The van der Waals surface area contributed by atoms with Gasteiger partial charge in [-0.2, -0.15) is 4.39 Å². The van der Waals surface area contributed by atoms with Crippen LogP contribution < -0.4 is 0 Å². The summed E-state index contributed by atoms with van der Waals surface area (Å²) in [5, 5.41) is 10.3. The Labute approximate surface area is 145 Å². The molecule has 1 atom stereocenters. The molecular weight excluding hydrogens is 323 g/mol. The first-order valence-electron chi connectivity index (χ1n) is 8.97. The Morgan fingerprint density at radius 1 is 1.20 bits per heavy atom. The third-order valence-corrected chi connectivity index (χ3v) is 5.34. The summed E-state index contributed by atoms with van der Waals surface area (Å²) in [5.41, 5.74) is 0.235. The number of carbonyl (C=O) groups is 1. The van der Waals surface area contributed by atoms with Crippen LogP contribution in [-0.4, -0.2) is 68.5 Å². The minimum absolute atomic E-state index is 0.173. The van der Waals surface area contributed by atoms with Gasteiger partial charge in [0.05, 0.1) is 6.10 Å². The summed E-state index contributed by atoms with van der Waals surface area (Å²) in [6, 6.07) is 5.61. The quantitative estimate of drug-likeness (QED) is 0.896. The first-order valence-corrected chi connectivity index (χ1v) is 8.97. The molecule has 1 N–H and O–H groups in total. The van der Waals surface area contributed by atoms with Crippen molar-refractivity contribution in [2.45, 2.75) is 37.8 Å². The van der Waals surface area contributed by atoms with E-state index >= 15 is 0 Å². The third-order valence-electron chi connectivity index (χ3n) is 5.34. The molecule has 1 amide bonds. The number of aliphatic hydroxyl groups excluding tert-OH is 1. The molecule has 2 fully saturated rings. The van der Waals surface area contributed by atoms with Crippen molar-refractivity contribution in [3.63, 3.8) is 0 Å². The lowest BCUT2D eigenvalue weighted by atomic mass is 10.2. The highest BCUT2D eigenvalue weighted by molar-refractivity contribution is 5.93. The normalized spacial score (nSPS) is 23.3. The molecule has 1 aliphatic carbocycles. The Bertz CT molecular complexity index is 772. The molecule has 2 aromatic heterocycles. The topological polar surface area (TPSA) is 61.1 Å². The maximum Gasteiger partial charge on any atom is 0.277 e. The minimum Gasteiger partial charge on any atom is -0.390 e. The van der Waals surface area contributed by atoms with E-state index < -0.39 is 18.0 Å². The van der Waals surface area contributed by atoms with Gasteiger partial charge in [-0.15, -0.1) is 0 Å². The van der Waals surface area contributed by atoms with Crippen LogP contribution in [0.3, 0.4) is 0 Å². The number of aliphatic hydroxyl groups is 1. The van der Waals surface area contributed by atoms with Crippen molar-refractivity contribution in [1.82, 2.24) is 19.2 Å². The lowest BCUT2D eigenvalue weighted by Crippen LogP contribution is -2.39. The van der Waals surface area contributed by atoms with Gasteiger partial charge in [0, 0.05) is 38.4 Å². The lowest BCUT2D eigenvalue weighted by molar-refractivity contribution is 0.0646. The van der Waals surface area contributed by atoms with Gasteiger partial charge in [-0.1, -0.05) is 18.9 Å². The van der Waals surface area contributed by atoms with Crippen molar-refractivity contribution < 1.29 is 14.3 Å². The van der Waals surface area contributed by atoms with E-state index in [1.54, 1.807) is 24.4 Å². The minimum atomic E-state index is -0.646. The summed E-state index contributed by atoms with van der Waals surface area (Å²) in [5.74, 6) is -1.10. The first-order chi connectivity index (χ1) is 12.1. The molecule has 7 heteroatoms. The zero-order valence-corrected chi connectivity index (χ0v) is 14.1. The van der Waals surface area contributed by atoms with Gasteiger partial charge in [-0.05, 0) is 25.0 Å². The van der Waals surface area contributed by atoms with Crippen molar-refractivity contribution in [3.8, 4) is 0 Å². The van der Waals surface area contributed by atoms with Gasteiger partial charge in [0.25, 0.3) is 5.91 Å². The van der Waals surface area contributed by atoms with Gasteiger partial charge >= 0.3 is 0 Å². The van der Waals surface area contributed by atoms with Crippen molar-refractivity contribution >= 4 is 11.6 Å². The van der Waals surface area contributed by atoms with Crippen LogP contribution in [0.15, 0.2) is 24.4 Å². The maximum absolute atomic E-state index is 14.5. The number of amides is 1. The van der Waals surface area contributed by atoms with Crippen molar-refractivity contribution in [1.29, 1.82) is 0 Å². The van der Waals surface area contributed by atoms with Crippen LogP contribution in [0.4, 0.5) is 4.39 Å². The van der Waals surface area contributed by atoms with Gasteiger partial charge in [0.1, 0.15) is 5.65 Å². The number of halogens is 1. The Morgan fingerprint density at radius 2 is 2.00 bits per heavy atom. The highest BCUT2D eigenvalue weighted by Crippen LogP contribution is 2.25. The van der Waals surface area contributed by atoms with Crippen LogP contribution in [0.25, 0.3) is 5.65 Å². The zero-order valence-electron chi connectivity index (χ0n) is 14.1. The number of hydrogen-bond acceptors (Lipinski definition) is 4. The van der Waals surface area contributed by atoms with Crippen LogP contribution in [0.1, 0.15) is 36.2 Å². The molecule has 0 unspecified atom stereocenters. The van der Waals surface area contributed by atoms with E-state index in [2.05, 4.69) is 9.88 Å². The van der Waals surface area contributed by atoms with E-state index in [9.17, 15) is 14.3 Å². The number of hydrogen-bond donors (Lipinski definition) is 1. The number of β-amino-alcohol motifs (C(OH)–C–C–N with tert-alkyl or cyclic N) is 1. The standard InChI is InChI=1S/C18H23FN4O2/c19-17-16(20-15-7-3-4-8-23(15)17)18(25)22-10-9-21(11-14(24)12-22)13-5-1-2-6-13/h3-4,7-8,13-14,24H,1-2,5-6,9-12H2/t14-/m1/s1. The molecule has 6 nitrogen and oxygen atoms in total. The van der Waals surface area contributed by atoms with Gasteiger partial charge in [-0.3, -0.25) is 14.1 Å². The average Bonchev–Trinajstić information content (AvgIpc) is 3.21. The number of nitrogens with zero attached hydrogens (tertiary/aromatic N) is 4. The molecule has 1 saturated heterocycles. The van der Waals surface area contributed by atoms with E-state index in [0.29, 0.717) is 31.3 Å². The second-order valence-electron chi connectivity index (χ2n) is 7.02. The number of rotatable bonds is 2. The summed E-state index contributed by atoms with van der Waals surface area (Å²) in [4.78, 5) is 20.8. The van der Waals surface area contributed by atoms with E-state index in [0.717, 1.165) is 12.8 Å². The average molecular weight is 346 g/mol. The highest BCUT2D eigenvalue weighted by atomic mass is 19.1.